The van der Waals surface area contributed by atoms with Crippen molar-refractivity contribution in [3.63, 3.8) is 0 Å². The fourth-order valence-electron chi connectivity index (χ4n) is 1.88. The molecule has 0 radical (unpaired) electrons. The van der Waals surface area contributed by atoms with Crippen LogP contribution < -0.4 is 5.48 Å². The molecule has 0 spiro atoms. The smallest absolute Gasteiger partial charge is 0.390 e. The highest BCUT2D eigenvalue weighted by Crippen LogP contribution is 2.30. The molecule has 0 saturated carbocycles. The molecule has 1 aromatic rings. The maximum Gasteiger partial charge on any atom is 0.540 e. The molecule has 5 atom stereocenters. The van der Waals surface area contributed by atoms with Gasteiger partial charge in [0.1, 0.15) is 6.10 Å². The Kier molecular flexibility index (Phi) is 10.2. The predicted molar refractivity (Wildman–Crippen MR) is 87.1 cm³/mol. The molecule has 24 heavy (non-hydrogen) atoms. The third kappa shape index (κ3) is 7.74. The number of aliphatic hydroxyl groups is 4. The number of hydrogen-bond acceptors (Lipinski definition) is 8. The van der Waals surface area contributed by atoms with Crippen molar-refractivity contribution < 1.29 is 34.4 Å². The molecule has 0 fully saturated rings. The van der Waals surface area contributed by atoms with Gasteiger partial charge in [-0.25, -0.2) is 0 Å². The van der Waals surface area contributed by atoms with Crippen LogP contribution in [-0.4, -0.2) is 57.7 Å². The summed E-state index contributed by atoms with van der Waals surface area (Å²) in [5.41, 5.74) is 3.43. The van der Waals surface area contributed by atoms with Gasteiger partial charge in [-0.1, -0.05) is 30.3 Å². The van der Waals surface area contributed by atoms with E-state index in [1.807, 2.05) is 30.3 Å². The Hall–Kier alpha value is -0.960. The fraction of sp³-hybridized carbons (Fsp3) is 0.600. The molecule has 0 aromatic heterocycles. The van der Waals surface area contributed by atoms with E-state index in [1.54, 1.807) is 6.92 Å². The van der Waals surface area contributed by atoms with Crippen LogP contribution in [-0.2, 0) is 20.5 Å². The molecule has 0 saturated heterocycles. The van der Waals surface area contributed by atoms with Gasteiger partial charge in [0.2, 0.25) is 0 Å². The Morgan fingerprint density at radius 1 is 1.12 bits per heavy atom. The highest BCUT2D eigenvalue weighted by Gasteiger charge is 2.36. The molecule has 0 bridgehead atoms. The van der Waals surface area contributed by atoms with Crippen LogP contribution >= 0.6 is 8.03 Å². The minimum atomic E-state index is -2.35. The number of hydrogen-bond donors (Lipinski definition) is 5. The Morgan fingerprint density at radius 2 is 1.79 bits per heavy atom. The van der Waals surface area contributed by atoms with Crippen molar-refractivity contribution in [3.8, 4) is 0 Å². The van der Waals surface area contributed by atoms with Crippen LogP contribution in [0.2, 0.25) is 0 Å². The van der Waals surface area contributed by atoms with E-state index in [0.29, 0.717) is 0 Å². The van der Waals surface area contributed by atoms with Gasteiger partial charge in [-0.3, -0.25) is 4.84 Å². The second kappa shape index (κ2) is 11.6. The second-order valence-electron chi connectivity index (χ2n) is 5.17. The van der Waals surface area contributed by atoms with Crippen molar-refractivity contribution in [2.75, 3.05) is 13.2 Å². The van der Waals surface area contributed by atoms with Crippen molar-refractivity contribution in [2.24, 2.45) is 0 Å². The standard InChI is InChI=1S/C15H25NO7P/c1-2-23-24(21)14(19)8-12(17)15(20)13(18)9-16-22-10-11-6-4-3-5-7-11/h3-7,12-20H,2,8-10H2,1H3/q+1/t12-,13+,14?,15-/m1/s1. The Labute approximate surface area is 141 Å². The lowest BCUT2D eigenvalue weighted by atomic mass is 10.1. The SMILES string of the molecule is CCO[P+](=O)C(O)C[C@@H](O)[C@@H](O)[C@@H](O)CNOCc1ccccc1. The van der Waals surface area contributed by atoms with Crippen molar-refractivity contribution in [3.05, 3.63) is 35.9 Å². The van der Waals surface area contributed by atoms with Crippen LogP contribution in [0.3, 0.4) is 0 Å². The molecule has 1 rings (SSSR count). The lowest BCUT2D eigenvalue weighted by Gasteiger charge is -2.22. The summed E-state index contributed by atoms with van der Waals surface area (Å²) in [6.45, 7) is 1.94. The largest absolute Gasteiger partial charge is 0.540 e. The minimum Gasteiger partial charge on any atom is -0.390 e. The quantitative estimate of drug-likeness (QED) is 0.204. The van der Waals surface area contributed by atoms with E-state index in [0.717, 1.165) is 5.56 Å². The molecule has 1 aromatic carbocycles. The summed E-state index contributed by atoms with van der Waals surface area (Å²) >= 11 is 0. The van der Waals surface area contributed by atoms with E-state index < -0.39 is 32.2 Å². The van der Waals surface area contributed by atoms with Crippen molar-refractivity contribution in [1.82, 2.24) is 5.48 Å². The molecule has 0 heterocycles. The number of hydroxylamine groups is 1. The molecule has 5 N–H and O–H groups in total. The molecule has 9 heteroatoms. The lowest BCUT2D eigenvalue weighted by Crippen LogP contribution is -2.44. The highest BCUT2D eigenvalue weighted by molar-refractivity contribution is 7.39. The first-order valence-electron chi connectivity index (χ1n) is 7.65. The van der Waals surface area contributed by atoms with Crippen molar-refractivity contribution in [1.29, 1.82) is 0 Å². The normalized spacial score (nSPS) is 17.1. The van der Waals surface area contributed by atoms with Gasteiger partial charge >= 0.3 is 8.03 Å². The van der Waals surface area contributed by atoms with Crippen LogP contribution in [0.15, 0.2) is 30.3 Å². The van der Waals surface area contributed by atoms with Gasteiger partial charge < -0.3 is 20.4 Å². The van der Waals surface area contributed by atoms with Crippen LogP contribution in [0.4, 0.5) is 0 Å². The maximum atomic E-state index is 11.4. The maximum absolute atomic E-state index is 11.4. The van der Waals surface area contributed by atoms with Gasteiger partial charge in [0.15, 0.2) is 0 Å². The average Bonchev–Trinajstić information content (AvgIpc) is 2.58. The molecule has 0 aliphatic rings. The fourth-order valence-corrected chi connectivity index (χ4v) is 2.70. The molecular formula is C15H25NO7P+. The van der Waals surface area contributed by atoms with Gasteiger partial charge in [0, 0.05) is 6.54 Å². The predicted octanol–water partition coefficient (Wildman–Crippen LogP) is 0.278. The Balaban J connectivity index is 2.27. The van der Waals surface area contributed by atoms with Gasteiger partial charge in [-0.05, 0) is 17.1 Å². The zero-order valence-corrected chi connectivity index (χ0v) is 14.4. The molecule has 0 aliphatic carbocycles. The molecule has 136 valence electrons. The minimum absolute atomic E-state index is 0.126. The highest BCUT2D eigenvalue weighted by atomic mass is 31.1. The zero-order chi connectivity index (χ0) is 17.9. The number of benzene rings is 1. The zero-order valence-electron chi connectivity index (χ0n) is 13.5. The summed E-state index contributed by atoms with van der Waals surface area (Å²) in [6.07, 6.45) is -4.69. The summed E-state index contributed by atoms with van der Waals surface area (Å²) in [5.74, 6) is -1.42. The first-order chi connectivity index (χ1) is 11.5. The number of nitrogens with one attached hydrogen (secondary N) is 1. The van der Waals surface area contributed by atoms with Crippen molar-refractivity contribution >= 4 is 8.03 Å². The first kappa shape index (κ1) is 21.1. The number of rotatable bonds is 12. The summed E-state index contributed by atoms with van der Waals surface area (Å²) in [5, 5.41) is 39.0. The Bertz CT molecular complexity index is 476. The second-order valence-corrected chi connectivity index (χ2v) is 6.59. The van der Waals surface area contributed by atoms with E-state index in [2.05, 4.69) is 5.48 Å². The van der Waals surface area contributed by atoms with E-state index in [9.17, 15) is 25.0 Å². The first-order valence-corrected chi connectivity index (χ1v) is 8.90. The summed E-state index contributed by atoms with van der Waals surface area (Å²) in [6, 6.07) is 9.36. The summed E-state index contributed by atoms with van der Waals surface area (Å²) in [4.78, 5) is 5.15. The molecule has 0 amide bonds. The topological polar surface area (TPSA) is 128 Å². The molecule has 8 nitrogen and oxygen atoms in total. The van der Waals surface area contributed by atoms with Crippen LogP contribution in [0.25, 0.3) is 0 Å². The summed E-state index contributed by atoms with van der Waals surface area (Å²) in [7, 11) is -2.35. The monoisotopic (exact) mass is 362 g/mol. The van der Waals surface area contributed by atoms with Gasteiger partial charge in [-0.2, -0.15) is 5.48 Å². The van der Waals surface area contributed by atoms with E-state index in [-0.39, 0.29) is 26.2 Å². The molecular weight excluding hydrogens is 337 g/mol. The lowest BCUT2D eigenvalue weighted by molar-refractivity contribution is -0.0848. The number of aliphatic hydroxyl groups excluding tert-OH is 4. The van der Waals surface area contributed by atoms with Crippen molar-refractivity contribution in [2.45, 2.75) is 44.1 Å². The van der Waals surface area contributed by atoms with Crippen LogP contribution in [0.1, 0.15) is 18.9 Å². The van der Waals surface area contributed by atoms with E-state index in [4.69, 9.17) is 9.36 Å². The van der Waals surface area contributed by atoms with Gasteiger partial charge in [-0.15, -0.1) is 4.52 Å². The van der Waals surface area contributed by atoms with Crippen LogP contribution in [0, 0.1) is 0 Å². The van der Waals surface area contributed by atoms with Gasteiger partial charge in [0.25, 0.3) is 5.85 Å². The summed E-state index contributed by atoms with van der Waals surface area (Å²) < 4.78 is 16.1. The van der Waals surface area contributed by atoms with E-state index in [1.165, 1.54) is 0 Å². The van der Waals surface area contributed by atoms with Crippen LogP contribution in [0.5, 0.6) is 0 Å². The third-order valence-corrected chi connectivity index (χ3v) is 4.43. The molecule has 2 unspecified atom stereocenters. The Morgan fingerprint density at radius 3 is 2.42 bits per heavy atom. The van der Waals surface area contributed by atoms with Gasteiger partial charge in [0.05, 0.1) is 31.8 Å². The molecule has 0 aliphatic heterocycles. The third-order valence-electron chi connectivity index (χ3n) is 3.22. The van der Waals surface area contributed by atoms with E-state index >= 15 is 0 Å². The average molecular weight is 362 g/mol.